The number of alkyl halides is 1. The molecule has 1 fully saturated rings. The van der Waals surface area contributed by atoms with E-state index in [1.165, 1.54) is 12.8 Å². The van der Waals surface area contributed by atoms with Crippen molar-refractivity contribution in [2.45, 2.75) is 29.6 Å². The summed E-state index contributed by atoms with van der Waals surface area (Å²) < 4.78 is 10.6. The maximum absolute atomic E-state index is 11.0. The normalized spacial score (nSPS) is 27.5. The number of carbonyl (C=O) groups is 1. The van der Waals surface area contributed by atoms with E-state index in [0.717, 1.165) is 12.8 Å². The Hall–Kier alpha value is 0.160. The van der Waals surface area contributed by atoms with Crippen LogP contribution in [0.1, 0.15) is 25.7 Å². The number of halogens is 1. The first kappa shape index (κ1) is 11.2. The second-order valence-corrected chi connectivity index (χ2v) is 4.94. The minimum absolute atomic E-state index is 0.114. The number of carbonyl (C=O) groups excluding carboxylic acids is 1. The van der Waals surface area contributed by atoms with Gasteiger partial charge >= 0.3 is 5.97 Å². The van der Waals surface area contributed by atoms with Crippen molar-refractivity contribution in [1.82, 2.24) is 0 Å². The van der Waals surface area contributed by atoms with Gasteiger partial charge in [-0.3, -0.25) is 0 Å². The summed E-state index contributed by atoms with van der Waals surface area (Å²) >= 11 is 2.33. The molecular weight excluding hydrogens is 283 g/mol. The first-order valence-electron chi connectivity index (χ1n) is 4.66. The molecular formula is C9H15IO3. The summed E-state index contributed by atoms with van der Waals surface area (Å²) in [6.45, 7) is 1.33. The average Bonchev–Trinajstić information content (AvgIpc) is 2.15. The van der Waals surface area contributed by atoms with Crippen LogP contribution < -0.4 is 0 Å². The Kier molecular flexibility index (Phi) is 5.70. The van der Waals surface area contributed by atoms with E-state index < -0.39 is 0 Å². The second kappa shape index (κ2) is 6.59. The molecule has 13 heavy (non-hydrogen) atoms. The first-order valence-corrected chi connectivity index (χ1v) is 5.91. The van der Waals surface area contributed by atoms with Crippen molar-refractivity contribution in [1.29, 1.82) is 0 Å². The summed E-state index contributed by atoms with van der Waals surface area (Å²) in [5.74, 6) is -0.233. The Morgan fingerprint density at radius 2 is 2.15 bits per heavy atom. The zero-order valence-corrected chi connectivity index (χ0v) is 9.79. The minimum atomic E-state index is -0.233. The van der Waals surface area contributed by atoms with Crippen molar-refractivity contribution in [3.05, 3.63) is 0 Å². The third kappa shape index (κ3) is 5.46. The van der Waals surface area contributed by atoms with E-state index in [9.17, 15) is 4.79 Å². The van der Waals surface area contributed by atoms with Crippen LogP contribution in [0.5, 0.6) is 0 Å². The number of cyclic esters (lactones) is 1. The van der Waals surface area contributed by atoms with Gasteiger partial charge in [0, 0.05) is 10.5 Å². The molecule has 1 heterocycles. The highest BCUT2D eigenvalue weighted by Gasteiger charge is 2.10. The van der Waals surface area contributed by atoms with Crippen molar-refractivity contribution >= 4 is 28.6 Å². The van der Waals surface area contributed by atoms with Crippen LogP contribution >= 0.6 is 22.6 Å². The van der Waals surface area contributed by atoms with Gasteiger partial charge in [-0.2, -0.15) is 0 Å². The summed E-state index contributed by atoms with van der Waals surface area (Å²) in [6, 6.07) is 0. The molecule has 1 unspecified atom stereocenters. The zero-order chi connectivity index (χ0) is 9.52. The smallest absolute Gasteiger partial charge is 0.332 e. The molecule has 0 aromatic carbocycles. The molecule has 3 nitrogen and oxygen atoms in total. The van der Waals surface area contributed by atoms with Gasteiger partial charge in [0.2, 0.25) is 0 Å². The molecule has 1 aliphatic rings. The molecule has 76 valence electrons. The van der Waals surface area contributed by atoms with Gasteiger partial charge in [0.25, 0.3) is 0 Å². The lowest BCUT2D eigenvalue weighted by Gasteiger charge is -2.08. The Morgan fingerprint density at radius 3 is 3.00 bits per heavy atom. The highest BCUT2D eigenvalue weighted by Crippen LogP contribution is 2.13. The highest BCUT2D eigenvalue weighted by atomic mass is 127. The fraction of sp³-hybridized carbons (Fsp3) is 0.889. The van der Waals surface area contributed by atoms with Crippen LogP contribution in [-0.2, 0) is 14.3 Å². The predicted octanol–water partition coefficient (Wildman–Crippen LogP) is 1.92. The maximum atomic E-state index is 11.0. The average molecular weight is 298 g/mol. The number of ether oxygens (including phenoxy) is 2. The summed E-state index contributed by atoms with van der Waals surface area (Å²) in [4.78, 5) is 11.0. The topological polar surface area (TPSA) is 35.5 Å². The molecule has 0 spiro atoms. The van der Waals surface area contributed by atoms with E-state index in [0.29, 0.717) is 17.1 Å². The van der Waals surface area contributed by atoms with Crippen molar-refractivity contribution in [2.24, 2.45) is 0 Å². The van der Waals surface area contributed by atoms with Gasteiger partial charge in [-0.25, -0.2) is 4.79 Å². The van der Waals surface area contributed by atoms with E-state index in [1.54, 1.807) is 0 Å². The van der Waals surface area contributed by atoms with Crippen LogP contribution in [0.3, 0.4) is 0 Å². The molecule has 0 aromatic heterocycles. The lowest BCUT2D eigenvalue weighted by atomic mass is 10.1. The largest absolute Gasteiger partial charge is 0.463 e. The predicted molar refractivity (Wildman–Crippen MR) is 58.1 cm³/mol. The van der Waals surface area contributed by atoms with Crippen LogP contribution in [-0.4, -0.2) is 29.7 Å². The summed E-state index contributed by atoms with van der Waals surface area (Å²) in [6.07, 6.45) is 4.58. The lowest BCUT2D eigenvalue weighted by Crippen LogP contribution is -2.17. The second-order valence-electron chi connectivity index (χ2n) is 3.18. The number of hydrogen-bond donors (Lipinski definition) is 0. The molecule has 1 aliphatic heterocycles. The van der Waals surface area contributed by atoms with E-state index in [1.807, 2.05) is 0 Å². The summed E-state index contributed by atoms with van der Waals surface area (Å²) in [7, 11) is 0. The third-order valence-corrected chi connectivity index (χ3v) is 2.93. The summed E-state index contributed by atoms with van der Waals surface area (Å²) in [5, 5.41) is 0. The zero-order valence-electron chi connectivity index (χ0n) is 7.63. The monoisotopic (exact) mass is 298 g/mol. The lowest BCUT2D eigenvalue weighted by molar-refractivity contribution is -0.148. The summed E-state index contributed by atoms with van der Waals surface area (Å²) in [5.41, 5.74) is 0. The Labute approximate surface area is 92.3 Å². The molecule has 0 radical (unpaired) electrons. The Morgan fingerprint density at radius 1 is 1.31 bits per heavy atom. The van der Waals surface area contributed by atoms with Crippen molar-refractivity contribution in [2.75, 3.05) is 19.8 Å². The molecule has 0 aromatic rings. The first-order chi connectivity index (χ1) is 6.29. The molecule has 1 rings (SSSR count). The molecule has 0 aliphatic carbocycles. The van der Waals surface area contributed by atoms with Crippen molar-refractivity contribution in [3.8, 4) is 0 Å². The van der Waals surface area contributed by atoms with Gasteiger partial charge in [0.1, 0.15) is 13.2 Å². The number of hydrogen-bond acceptors (Lipinski definition) is 3. The molecule has 1 atom stereocenters. The Balaban J connectivity index is 2.28. The fourth-order valence-electron chi connectivity index (χ4n) is 1.21. The SMILES string of the molecule is O=C1COCCCCCC(I)CO1. The third-order valence-electron chi connectivity index (χ3n) is 1.95. The van der Waals surface area contributed by atoms with E-state index in [2.05, 4.69) is 22.6 Å². The molecule has 1 saturated heterocycles. The van der Waals surface area contributed by atoms with Gasteiger partial charge in [0.15, 0.2) is 0 Å². The van der Waals surface area contributed by atoms with Gasteiger partial charge in [-0.15, -0.1) is 0 Å². The van der Waals surface area contributed by atoms with E-state index in [-0.39, 0.29) is 12.6 Å². The number of rotatable bonds is 0. The van der Waals surface area contributed by atoms with Crippen molar-refractivity contribution in [3.63, 3.8) is 0 Å². The minimum Gasteiger partial charge on any atom is -0.463 e. The molecule has 0 N–H and O–H groups in total. The van der Waals surface area contributed by atoms with E-state index in [4.69, 9.17) is 9.47 Å². The van der Waals surface area contributed by atoms with Crippen LogP contribution in [0.15, 0.2) is 0 Å². The van der Waals surface area contributed by atoms with Crippen LogP contribution in [0.2, 0.25) is 0 Å². The van der Waals surface area contributed by atoms with Gasteiger partial charge in [-0.05, 0) is 12.8 Å². The van der Waals surface area contributed by atoms with Crippen LogP contribution in [0, 0.1) is 0 Å². The quantitative estimate of drug-likeness (QED) is 0.389. The molecule has 0 saturated carbocycles. The maximum Gasteiger partial charge on any atom is 0.332 e. The fourth-order valence-corrected chi connectivity index (χ4v) is 1.83. The van der Waals surface area contributed by atoms with Crippen LogP contribution in [0.4, 0.5) is 0 Å². The Bertz CT molecular complexity index is 161. The van der Waals surface area contributed by atoms with Gasteiger partial charge < -0.3 is 9.47 Å². The molecule has 0 bridgehead atoms. The van der Waals surface area contributed by atoms with Crippen LogP contribution in [0.25, 0.3) is 0 Å². The van der Waals surface area contributed by atoms with Gasteiger partial charge in [0.05, 0.1) is 0 Å². The van der Waals surface area contributed by atoms with Crippen molar-refractivity contribution < 1.29 is 14.3 Å². The molecule has 0 amide bonds. The standard InChI is InChI=1S/C9H15IO3/c10-8-4-2-1-3-5-12-7-9(11)13-6-8/h8H,1-7H2. The van der Waals surface area contributed by atoms with Gasteiger partial charge in [-0.1, -0.05) is 35.4 Å². The highest BCUT2D eigenvalue weighted by molar-refractivity contribution is 14.1. The number of esters is 1. The van der Waals surface area contributed by atoms with E-state index >= 15 is 0 Å². The molecule has 4 heteroatoms.